The van der Waals surface area contributed by atoms with E-state index in [1.807, 2.05) is 0 Å². The number of aliphatic imine (C=N–C) groups is 1. The van der Waals surface area contributed by atoms with Crippen molar-refractivity contribution in [3.05, 3.63) is 40.3 Å². The van der Waals surface area contributed by atoms with Gasteiger partial charge in [-0.15, -0.1) is 0 Å². The molecular formula is C17H20N2O6. The lowest BCUT2D eigenvalue weighted by Crippen LogP contribution is -2.37. The second-order valence-corrected chi connectivity index (χ2v) is 5.34. The van der Waals surface area contributed by atoms with Crippen LogP contribution in [0.4, 0.5) is 0 Å². The molecule has 0 saturated carbocycles. The second-order valence-electron chi connectivity index (χ2n) is 5.34. The largest absolute Gasteiger partial charge is 0.469 e. The average molecular weight is 348 g/mol. The molecule has 0 spiro atoms. The number of furan rings is 1. The number of carbonyl (C=O) groups excluding carboxylic acids is 2. The van der Waals surface area contributed by atoms with Crippen LogP contribution in [0.2, 0.25) is 0 Å². The van der Waals surface area contributed by atoms with Gasteiger partial charge in [-0.05, 0) is 32.9 Å². The lowest BCUT2D eigenvalue weighted by atomic mass is 9.78. The van der Waals surface area contributed by atoms with E-state index < -0.39 is 23.8 Å². The predicted octanol–water partition coefficient (Wildman–Crippen LogP) is 2.60. The van der Waals surface area contributed by atoms with E-state index in [0.717, 1.165) is 0 Å². The molecule has 2 rings (SSSR count). The van der Waals surface area contributed by atoms with E-state index in [1.165, 1.54) is 6.26 Å². The molecule has 1 aliphatic heterocycles. The van der Waals surface area contributed by atoms with Gasteiger partial charge in [-0.2, -0.15) is 4.91 Å². The molecule has 0 bridgehead atoms. The predicted molar refractivity (Wildman–Crippen MR) is 89.0 cm³/mol. The van der Waals surface area contributed by atoms with Gasteiger partial charge in [0.05, 0.1) is 36.7 Å². The van der Waals surface area contributed by atoms with Gasteiger partial charge in [0.15, 0.2) is 0 Å². The van der Waals surface area contributed by atoms with Crippen molar-refractivity contribution < 1.29 is 23.5 Å². The van der Waals surface area contributed by atoms with Crippen LogP contribution in [0.15, 0.2) is 44.3 Å². The maximum absolute atomic E-state index is 12.5. The fourth-order valence-corrected chi connectivity index (χ4v) is 2.88. The minimum Gasteiger partial charge on any atom is -0.469 e. The van der Waals surface area contributed by atoms with Crippen molar-refractivity contribution in [2.45, 2.75) is 26.7 Å². The van der Waals surface area contributed by atoms with Crippen molar-refractivity contribution in [3.63, 3.8) is 0 Å². The van der Waals surface area contributed by atoms with Gasteiger partial charge in [0.25, 0.3) is 0 Å². The fourth-order valence-electron chi connectivity index (χ4n) is 2.88. The fraction of sp³-hybridized carbons (Fsp3) is 0.471. The Morgan fingerprint density at radius 1 is 1.28 bits per heavy atom. The molecule has 134 valence electrons. The molecule has 0 aromatic carbocycles. The van der Waals surface area contributed by atoms with Crippen LogP contribution in [-0.4, -0.2) is 37.4 Å². The number of nitroso groups, excluding NO2 is 1. The number of carbonyl (C=O) groups is 2. The summed E-state index contributed by atoms with van der Waals surface area (Å²) in [6.45, 7) is 5.02. The van der Waals surface area contributed by atoms with Crippen LogP contribution in [0.3, 0.4) is 0 Å². The van der Waals surface area contributed by atoms with Gasteiger partial charge in [-0.1, -0.05) is 5.18 Å². The highest BCUT2D eigenvalue weighted by atomic mass is 16.5. The summed E-state index contributed by atoms with van der Waals surface area (Å²) < 4.78 is 15.7. The van der Waals surface area contributed by atoms with Crippen LogP contribution >= 0.6 is 0 Å². The van der Waals surface area contributed by atoms with Gasteiger partial charge >= 0.3 is 11.9 Å². The molecule has 2 heterocycles. The first kappa shape index (κ1) is 18.6. The monoisotopic (exact) mass is 348 g/mol. The third kappa shape index (κ3) is 3.84. The van der Waals surface area contributed by atoms with Crippen LogP contribution in [0.1, 0.15) is 32.4 Å². The van der Waals surface area contributed by atoms with E-state index in [9.17, 15) is 14.5 Å². The summed E-state index contributed by atoms with van der Waals surface area (Å²) in [4.78, 5) is 40.1. The Labute approximate surface area is 144 Å². The van der Waals surface area contributed by atoms with Crippen LogP contribution in [0.25, 0.3) is 0 Å². The third-order valence-electron chi connectivity index (χ3n) is 3.82. The molecule has 0 aliphatic carbocycles. The van der Waals surface area contributed by atoms with Gasteiger partial charge in [-0.25, -0.2) is 4.79 Å². The standard InChI is InChI=1S/C17H20N2O6/c1-4-23-16(20)13-10(3)19-11(9-18-22)14(17(21)24-5-2)15(13)12-7-6-8-25-12/h6-8,13,15H,4-5,9H2,1-3H3. The Kier molecular flexibility index (Phi) is 6.21. The number of ether oxygens (including phenoxy) is 2. The van der Waals surface area contributed by atoms with E-state index in [0.29, 0.717) is 11.5 Å². The summed E-state index contributed by atoms with van der Waals surface area (Å²) in [5.74, 6) is -2.43. The quantitative estimate of drug-likeness (QED) is 0.553. The van der Waals surface area contributed by atoms with Crippen molar-refractivity contribution in [1.82, 2.24) is 0 Å². The Bertz CT molecular complexity index is 705. The summed E-state index contributed by atoms with van der Waals surface area (Å²) in [6, 6.07) is 3.31. The molecule has 25 heavy (non-hydrogen) atoms. The maximum Gasteiger partial charge on any atom is 0.336 e. The van der Waals surface area contributed by atoms with Crippen molar-refractivity contribution in [3.8, 4) is 0 Å². The van der Waals surface area contributed by atoms with E-state index >= 15 is 0 Å². The van der Waals surface area contributed by atoms with Gasteiger partial charge < -0.3 is 13.9 Å². The number of rotatable bonds is 7. The highest BCUT2D eigenvalue weighted by molar-refractivity contribution is 6.06. The normalized spacial score (nSPS) is 20.0. The van der Waals surface area contributed by atoms with Gasteiger partial charge in [0, 0.05) is 5.71 Å². The molecule has 1 aromatic rings. The molecule has 2 atom stereocenters. The molecule has 1 aliphatic rings. The Morgan fingerprint density at radius 2 is 2.00 bits per heavy atom. The molecule has 0 amide bonds. The minimum absolute atomic E-state index is 0.0973. The summed E-state index contributed by atoms with van der Waals surface area (Å²) in [5, 5.41) is 2.84. The van der Waals surface area contributed by atoms with E-state index in [2.05, 4.69) is 10.2 Å². The topological polar surface area (TPSA) is 108 Å². The summed E-state index contributed by atoms with van der Waals surface area (Å²) in [7, 11) is 0. The first-order valence-corrected chi connectivity index (χ1v) is 7.99. The highest BCUT2D eigenvalue weighted by Gasteiger charge is 2.44. The lowest BCUT2D eigenvalue weighted by Gasteiger charge is -2.30. The molecule has 0 saturated heterocycles. The smallest absolute Gasteiger partial charge is 0.336 e. The first-order valence-electron chi connectivity index (χ1n) is 7.99. The van der Waals surface area contributed by atoms with Crippen LogP contribution < -0.4 is 0 Å². The molecule has 1 aromatic heterocycles. The Balaban J connectivity index is 2.62. The molecule has 2 unspecified atom stereocenters. The molecular weight excluding hydrogens is 328 g/mol. The molecule has 0 radical (unpaired) electrons. The Hall–Kier alpha value is -2.77. The van der Waals surface area contributed by atoms with Crippen LogP contribution in [-0.2, 0) is 19.1 Å². The second kappa shape index (κ2) is 8.36. The number of hydrogen-bond acceptors (Lipinski definition) is 8. The zero-order valence-corrected chi connectivity index (χ0v) is 14.4. The SMILES string of the molecule is CCOC(=O)C1=C(CN=O)N=C(C)C(C(=O)OCC)C1c1ccco1. The van der Waals surface area contributed by atoms with Gasteiger partial charge in [0.1, 0.15) is 18.2 Å². The zero-order chi connectivity index (χ0) is 18.4. The average Bonchev–Trinajstić information content (AvgIpc) is 3.09. The summed E-state index contributed by atoms with van der Waals surface area (Å²) >= 11 is 0. The van der Waals surface area contributed by atoms with Crippen molar-refractivity contribution in [2.24, 2.45) is 16.1 Å². The van der Waals surface area contributed by atoms with Crippen LogP contribution in [0, 0.1) is 10.8 Å². The number of nitrogens with zero attached hydrogens (tertiary/aromatic N) is 2. The minimum atomic E-state index is -0.846. The third-order valence-corrected chi connectivity index (χ3v) is 3.82. The van der Waals surface area contributed by atoms with E-state index in [4.69, 9.17) is 13.9 Å². The number of esters is 2. The molecule has 8 heteroatoms. The van der Waals surface area contributed by atoms with Crippen molar-refractivity contribution in [1.29, 1.82) is 0 Å². The molecule has 8 nitrogen and oxygen atoms in total. The maximum atomic E-state index is 12.5. The first-order chi connectivity index (χ1) is 12.0. The van der Waals surface area contributed by atoms with Gasteiger partial charge in [0.2, 0.25) is 0 Å². The molecule has 0 N–H and O–H groups in total. The van der Waals surface area contributed by atoms with Gasteiger partial charge in [-0.3, -0.25) is 9.79 Å². The Morgan fingerprint density at radius 3 is 2.56 bits per heavy atom. The molecule has 0 fully saturated rings. The van der Waals surface area contributed by atoms with Crippen molar-refractivity contribution in [2.75, 3.05) is 19.8 Å². The van der Waals surface area contributed by atoms with Crippen molar-refractivity contribution >= 4 is 17.7 Å². The summed E-state index contributed by atoms with van der Waals surface area (Å²) in [6.07, 6.45) is 1.44. The van der Waals surface area contributed by atoms with Crippen LogP contribution in [0.5, 0.6) is 0 Å². The number of hydrogen-bond donors (Lipinski definition) is 0. The van der Waals surface area contributed by atoms with E-state index in [-0.39, 0.29) is 31.0 Å². The highest BCUT2D eigenvalue weighted by Crippen LogP contribution is 2.40. The summed E-state index contributed by atoms with van der Waals surface area (Å²) in [5.41, 5.74) is 0.694. The van der Waals surface area contributed by atoms with E-state index in [1.54, 1.807) is 32.9 Å². The zero-order valence-electron chi connectivity index (χ0n) is 14.4. The lowest BCUT2D eigenvalue weighted by molar-refractivity contribution is -0.146.